The minimum atomic E-state index is -3.30. The van der Waals surface area contributed by atoms with Gasteiger partial charge >= 0.3 is 0 Å². The van der Waals surface area contributed by atoms with Gasteiger partial charge in [-0.2, -0.15) is 0 Å². The number of hydrogen-bond acceptors (Lipinski definition) is 3. The zero-order valence-corrected chi connectivity index (χ0v) is 15.0. The topological polar surface area (TPSA) is 63.2 Å². The van der Waals surface area contributed by atoms with Crippen LogP contribution in [0, 0.1) is 5.82 Å². The van der Waals surface area contributed by atoms with Crippen molar-refractivity contribution in [2.45, 2.75) is 35.8 Å². The minimum Gasteiger partial charge on any atom is -0.323 e. The van der Waals surface area contributed by atoms with Crippen LogP contribution in [-0.4, -0.2) is 19.6 Å². The third kappa shape index (κ3) is 4.38. The SMILES string of the molecule is O=C(/C=C/c1cccc(F)c1)Nc1ccc(S(=O)(=O)C2CCCC2)cc1. The molecule has 0 radical (unpaired) electrons. The monoisotopic (exact) mass is 373 g/mol. The molecule has 0 spiro atoms. The number of carbonyl (C=O) groups excluding carboxylic acids is 1. The second kappa shape index (κ2) is 7.83. The van der Waals surface area contributed by atoms with E-state index in [0.717, 1.165) is 12.8 Å². The minimum absolute atomic E-state index is 0.290. The van der Waals surface area contributed by atoms with Crippen molar-refractivity contribution in [1.29, 1.82) is 0 Å². The van der Waals surface area contributed by atoms with Crippen molar-refractivity contribution >= 4 is 27.5 Å². The van der Waals surface area contributed by atoms with Crippen LogP contribution in [0.5, 0.6) is 0 Å². The summed E-state index contributed by atoms with van der Waals surface area (Å²) in [4.78, 5) is 12.2. The zero-order chi connectivity index (χ0) is 18.6. The highest BCUT2D eigenvalue weighted by Gasteiger charge is 2.30. The van der Waals surface area contributed by atoms with Crippen molar-refractivity contribution in [2.24, 2.45) is 0 Å². The molecule has 6 heteroatoms. The van der Waals surface area contributed by atoms with Crippen LogP contribution in [0.1, 0.15) is 31.2 Å². The number of benzene rings is 2. The van der Waals surface area contributed by atoms with Gasteiger partial charge in [0.05, 0.1) is 10.1 Å². The molecule has 0 aromatic heterocycles. The first-order valence-corrected chi connectivity index (χ1v) is 10.1. The highest BCUT2D eigenvalue weighted by atomic mass is 32.2. The molecule has 1 saturated carbocycles. The molecule has 0 heterocycles. The Labute approximate surface area is 152 Å². The van der Waals surface area contributed by atoms with Gasteiger partial charge in [-0.1, -0.05) is 25.0 Å². The van der Waals surface area contributed by atoms with E-state index >= 15 is 0 Å². The Hall–Kier alpha value is -2.47. The van der Waals surface area contributed by atoms with E-state index in [9.17, 15) is 17.6 Å². The molecule has 4 nitrogen and oxygen atoms in total. The molecule has 1 N–H and O–H groups in total. The van der Waals surface area contributed by atoms with E-state index in [1.165, 1.54) is 36.4 Å². The van der Waals surface area contributed by atoms with Gasteiger partial charge in [0.15, 0.2) is 9.84 Å². The fourth-order valence-electron chi connectivity index (χ4n) is 3.09. The molecule has 2 aromatic carbocycles. The third-order valence-corrected chi connectivity index (χ3v) is 6.75. The van der Waals surface area contributed by atoms with Gasteiger partial charge < -0.3 is 5.32 Å². The van der Waals surface area contributed by atoms with Crippen LogP contribution >= 0.6 is 0 Å². The molecule has 0 aliphatic heterocycles. The molecule has 1 amide bonds. The van der Waals surface area contributed by atoms with Crippen LogP contribution in [0.3, 0.4) is 0 Å². The summed E-state index contributed by atoms with van der Waals surface area (Å²) in [5.41, 5.74) is 1.09. The fraction of sp³-hybridized carbons (Fsp3) is 0.250. The molecule has 1 aliphatic carbocycles. The van der Waals surface area contributed by atoms with E-state index in [1.54, 1.807) is 24.3 Å². The first kappa shape index (κ1) is 18.3. The average Bonchev–Trinajstić information content (AvgIpc) is 3.16. The highest BCUT2D eigenvalue weighted by molar-refractivity contribution is 7.92. The summed E-state index contributed by atoms with van der Waals surface area (Å²) in [7, 11) is -3.30. The summed E-state index contributed by atoms with van der Waals surface area (Å²) >= 11 is 0. The van der Waals surface area contributed by atoms with Gasteiger partial charge in [-0.3, -0.25) is 4.79 Å². The normalized spacial score (nSPS) is 15.4. The summed E-state index contributed by atoms with van der Waals surface area (Å²) in [5.74, 6) is -0.743. The lowest BCUT2D eigenvalue weighted by molar-refractivity contribution is -0.111. The molecule has 0 bridgehead atoms. The van der Waals surface area contributed by atoms with Crippen molar-refractivity contribution in [1.82, 2.24) is 0 Å². The Bertz CT molecular complexity index is 914. The fourth-order valence-corrected chi connectivity index (χ4v) is 4.94. The molecule has 3 rings (SSSR count). The number of nitrogens with one attached hydrogen (secondary N) is 1. The number of amides is 1. The largest absolute Gasteiger partial charge is 0.323 e. The Morgan fingerprint density at radius 1 is 1.08 bits per heavy atom. The van der Waals surface area contributed by atoms with Crippen molar-refractivity contribution < 1.29 is 17.6 Å². The molecule has 1 aliphatic rings. The summed E-state index contributed by atoms with van der Waals surface area (Å²) in [6, 6.07) is 12.1. The van der Waals surface area contributed by atoms with Crippen LogP contribution in [0.25, 0.3) is 6.08 Å². The number of hydrogen-bond donors (Lipinski definition) is 1. The molecule has 0 unspecified atom stereocenters. The average molecular weight is 373 g/mol. The van der Waals surface area contributed by atoms with Crippen LogP contribution in [-0.2, 0) is 14.6 Å². The Kier molecular flexibility index (Phi) is 5.52. The van der Waals surface area contributed by atoms with Gasteiger partial charge in [0.25, 0.3) is 0 Å². The van der Waals surface area contributed by atoms with Crippen molar-refractivity contribution in [3.05, 3.63) is 66.0 Å². The second-order valence-corrected chi connectivity index (χ2v) is 8.58. The molecule has 26 heavy (non-hydrogen) atoms. The lowest BCUT2D eigenvalue weighted by Gasteiger charge is -2.11. The Morgan fingerprint density at radius 2 is 1.77 bits per heavy atom. The molecule has 1 fully saturated rings. The van der Waals surface area contributed by atoms with Crippen LogP contribution < -0.4 is 5.32 Å². The number of anilines is 1. The maximum absolute atomic E-state index is 13.1. The van der Waals surface area contributed by atoms with E-state index in [2.05, 4.69) is 5.32 Å². The van der Waals surface area contributed by atoms with E-state index in [4.69, 9.17) is 0 Å². The molecule has 136 valence electrons. The van der Waals surface area contributed by atoms with Gasteiger partial charge in [-0.25, -0.2) is 12.8 Å². The molecular formula is C20H20FNO3S. The second-order valence-electron chi connectivity index (χ2n) is 6.35. The van der Waals surface area contributed by atoms with Crippen LogP contribution in [0.4, 0.5) is 10.1 Å². The molecular weight excluding hydrogens is 353 g/mol. The first-order valence-electron chi connectivity index (χ1n) is 8.54. The Morgan fingerprint density at radius 3 is 2.42 bits per heavy atom. The van der Waals surface area contributed by atoms with Gasteiger partial charge in [-0.15, -0.1) is 0 Å². The maximum Gasteiger partial charge on any atom is 0.248 e. The van der Waals surface area contributed by atoms with Gasteiger partial charge in [0.2, 0.25) is 5.91 Å². The number of rotatable bonds is 5. The Balaban J connectivity index is 1.64. The van der Waals surface area contributed by atoms with E-state index in [-0.39, 0.29) is 21.9 Å². The molecule has 2 aromatic rings. The predicted molar refractivity (Wildman–Crippen MR) is 99.9 cm³/mol. The highest BCUT2D eigenvalue weighted by Crippen LogP contribution is 2.30. The van der Waals surface area contributed by atoms with Gasteiger partial charge in [-0.05, 0) is 60.9 Å². The summed E-state index contributed by atoms with van der Waals surface area (Å²) < 4.78 is 38.2. The smallest absolute Gasteiger partial charge is 0.248 e. The zero-order valence-electron chi connectivity index (χ0n) is 14.2. The molecule has 0 atom stereocenters. The van der Waals surface area contributed by atoms with E-state index < -0.39 is 9.84 Å². The van der Waals surface area contributed by atoms with Gasteiger partial charge in [0.1, 0.15) is 5.82 Å². The maximum atomic E-state index is 13.1. The van der Waals surface area contributed by atoms with Crippen molar-refractivity contribution in [3.8, 4) is 0 Å². The predicted octanol–water partition coefficient (Wildman–Crippen LogP) is 4.19. The van der Waals surface area contributed by atoms with Crippen LogP contribution in [0.2, 0.25) is 0 Å². The summed E-state index contributed by atoms with van der Waals surface area (Å²) in [5, 5.41) is 2.37. The lowest BCUT2D eigenvalue weighted by atomic mass is 10.2. The van der Waals surface area contributed by atoms with E-state index in [1.807, 2.05) is 0 Å². The summed E-state index contributed by atoms with van der Waals surface area (Å²) in [6.45, 7) is 0. The van der Waals surface area contributed by atoms with E-state index in [0.29, 0.717) is 24.1 Å². The number of carbonyl (C=O) groups is 1. The standard InChI is InChI=1S/C20H20FNO3S/c21-16-5-3-4-15(14-16)8-13-20(23)22-17-9-11-19(12-10-17)26(24,25)18-6-1-2-7-18/h3-5,8-14,18H,1-2,6-7H2,(H,22,23)/b13-8+. The summed E-state index contributed by atoms with van der Waals surface area (Å²) in [6.07, 6.45) is 6.15. The van der Waals surface area contributed by atoms with Crippen LogP contribution in [0.15, 0.2) is 59.5 Å². The quantitative estimate of drug-likeness (QED) is 0.799. The first-order chi connectivity index (χ1) is 12.4. The van der Waals surface area contributed by atoms with Gasteiger partial charge in [0, 0.05) is 11.8 Å². The van der Waals surface area contributed by atoms with Crippen molar-refractivity contribution in [3.63, 3.8) is 0 Å². The number of sulfone groups is 1. The molecule has 0 saturated heterocycles. The van der Waals surface area contributed by atoms with Crippen molar-refractivity contribution in [2.75, 3.05) is 5.32 Å². The number of halogens is 1. The lowest BCUT2D eigenvalue weighted by Crippen LogP contribution is -2.17. The third-order valence-electron chi connectivity index (χ3n) is 4.47.